The molecule has 5 rings (SSSR count). The van der Waals surface area contributed by atoms with Gasteiger partial charge < -0.3 is 20.1 Å². The quantitative estimate of drug-likeness (QED) is 0.467. The van der Waals surface area contributed by atoms with Crippen molar-refractivity contribution >= 4 is 28.4 Å². The van der Waals surface area contributed by atoms with Crippen molar-refractivity contribution in [3.63, 3.8) is 0 Å². The third-order valence-electron chi connectivity index (χ3n) is 6.58. The van der Waals surface area contributed by atoms with E-state index >= 15 is 0 Å². The second kappa shape index (κ2) is 8.42. The number of fused-ring (bicyclic) bond motifs is 2. The normalized spacial score (nSPS) is 17.9. The van der Waals surface area contributed by atoms with E-state index < -0.39 is 5.60 Å². The minimum atomic E-state index is -0.859. The van der Waals surface area contributed by atoms with Gasteiger partial charge in [0.25, 0.3) is 5.91 Å². The lowest BCUT2D eigenvalue weighted by Gasteiger charge is -2.18. The van der Waals surface area contributed by atoms with Crippen LogP contribution in [0.5, 0.6) is 11.5 Å². The van der Waals surface area contributed by atoms with Crippen LogP contribution in [0, 0.1) is 13.8 Å². The summed E-state index contributed by atoms with van der Waals surface area (Å²) in [5.74, 6) is 1.06. The highest BCUT2D eigenvalue weighted by molar-refractivity contribution is 5.98. The Morgan fingerprint density at radius 3 is 2.74 bits per heavy atom. The number of amides is 2. The molecular weight excluding hydrogens is 446 g/mol. The summed E-state index contributed by atoms with van der Waals surface area (Å²) in [7, 11) is 0. The standard InChI is InChI=1S/C26H29N5O4/c1-5-27-25(33)31-16(2)12-18-13-19(6-7-21(18)31)35-22-8-10-28-30-14-20(17(3)23(22)30)24(32)29-11-9-26(4,34)15-29/h6-8,10,12-14,34H,5,9,11,15H2,1-4H3,(H,27,33)/t26-/m0/s1. The Kier molecular flexibility index (Phi) is 5.52. The molecule has 2 N–H and O–H groups in total. The minimum absolute atomic E-state index is 0.125. The summed E-state index contributed by atoms with van der Waals surface area (Å²) < 4.78 is 9.56. The second-order valence-corrected chi connectivity index (χ2v) is 9.41. The Balaban J connectivity index is 1.48. The number of benzene rings is 1. The summed E-state index contributed by atoms with van der Waals surface area (Å²) >= 11 is 0. The van der Waals surface area contributed by atoms with Crippen molar-refractivity contribution in [3.8, 4) is 11.5 Å². The van der Waals surface area contributed by atoms with Crippen LogP contribution in [0.15, 0.2) is 42.7 Å². The van der Waals surface area contributed by atoms with Crippen LogP contribution in [0.1, 0.15) is 41.9 Å². The number of β-amino-alcohol motifs (C(OH)–C–C–N with tert-alkyl or cyclic N) is 1. The molecule has 2 amide bonds. The summed E-state index contributed by atoms with van der Waals surface area (Å²) in [6, 6.07) is 9.14. The van der Waals surface area contributed by atoms with Gasteiger partial charge in [-0.2, -0.15) is 5.10 Å². The van der Waals surface area contributed by atoms with E-state index in [4.69, 9.17) is 4.74 Å². The van der Waals surface area contributed by atoms with Gasteiger partial charge in [0.2, 0.25) is 0 Å². The minimum Gasteiger partial charge on any atom is -0.455 e. The molecule has 4 aromatic rings. The summed E-state index contributed by atoms with van der Waals surface area (Å²) in [6.07, 6.45) is 3.90. The average Bonchev–Trinajstić information content (AvgIpc) is 3.45. The monoisotopic (exact) mass is 475 g/mol. The molecule has 0 bridgehead atoms. The van der Waals surface area contributed by atoms with Crippen molar-refractivity contribution in [2.75, 3.05) is 19.6 Å². The Labute approximate surface area is 202 Å². The molecule has 1 saturated heterocycles. The van der Waals surface area contributed by atoms with Gasteiger partial charge in [-0.15, -0.1) is 0 Å². The first-order valence-electron chi connectivity index (χ1n) is 11.8. The predicted octanol–water partition coefficient (Wildman–Crippen LogP) is 3.87. The summed E-state index contributed by atoms with van der Waals surface area (Å²) in [4.78, 5) is 27.3. The van der Waals surface area contributed by atoms with Crippen LogP contribution >= 0.6 is 0 Å². The number of aryl methyl sites for hydroxylation is 2. The lowest BCUT2D eigenvalue weighted by Crippen LogP contribution is -2.34. The highest BCUT2D eigenvalue weighted by Crippen LogP contribution is 2.33. The molecule has 0 radical (unpaired) electrons. The first-order valence-corrected chi connectivity index (χ1v) is 11.8. The number of nitrogens with one attached hydrogen (secondary N) is 1. The van der Waals surface area contributed by atoms with Crippen LogP contribution in [0.4, 0.5) is 4.79 Å². The molecule has 35 heavy (non-hydrogen) atoms. The molecule has 1 fully saturated rings. The number of likely N-dealkylation sites (tertiary alicyclic amines) is 1. The maximum atomic E-state index is 13.2. The third-order valence-corrected chi connectivity index (χ3v) is 6.58. The molecule has 3 aromatic heterocycles. The Bertz CT molecular complexity index is 1470. The number of ether oxygens (including phenoxy) is 1. The van der Waals surface area contributed by atoms with E-state index in [2.05, 4.69) is 10.4 Å². The van der Waals surface area contributed by atoms with Crippen molar-refractivity contribution in [3.05, 3.63) is 59.5 Å². The smallest absolute Gasteiger partial charge is 0.326 e. The van der Waals surface area contributed by atoms with Crippen molar-refractivity contribution in [2.24, 2.45) is 0 Å². The molecule has 1 atom stereocenters. The fourth-order valence-electron chi connectivity index (χ4n) is 4.83. The van der Waals surface area contributed by atoms with Crippen LogP contribution < -0.4 is 10.1 Å². The van der Waals surface area contributed by atoms with Crippen molar-refractivity contribution < 1.29 is 19.4 Å². The molecule has 0 spiro atoms. The third kappa shape index (κ3) is 4.01. The number of aromatic nitrogens is 3. The SMILES string of the molecule is CCNC(=O)n1c(C)cc2cc(Oc3ccnn4cc(C(=O)N5CC[C@](C)(O)C5)c(C)c34)ccc21. The summed E-state index contributed by atoms with van der Waals surface area (Å²) in [5.41, 5.74) is 2.79. The number of rotatable bonds is 4. The molecule has 0 aliphatic carbocycles. The maximum absolute atomic E-state index is 13.2. The highest BCUT2D eigenvalue weighted by Gasteiger charge is 2.35. The fraction of sp³-hybridized carbons (Fsp3) is 0.346. The van der Waals surface area contributed by atoms with Gasteiger partial charge in [0.15, 0.2) is 5.75 Å². The highest BCUT2D eigenvalue weighted by atomic mass is 16.5. The van der Waals surface area contributed by atoms with Crippen LogP contribution in [-0.4, -0.2) is 61.4 Å². The molecule has 4 heterocycles. The maximum Gasteiger partial charge on any atom is 0.326 e. The first kappa shape index (κ1) is 22.9. The zero-order chi connectivity index (χ0) is 24.9. The Morgan fingerprint density at radius 2 is 2.03 bits per heavy atom. The fourth-order valence-corrected chi connectivity index (χ4v) is 4.83. The van der Waals surface area contributed by atoms with Gasteiger partial charge in [-0.05, 0) is 63.9 Å². The zero-order valence-electron chi connectivity index (χ0n) is 20.3. The molecule has 182 valence electrons. The van der Waals surface area contributed by atoms with Crippen LogP contribution in [0.3, 0.4) is 0 Å². The van der Waals surface area contributed by atoms with Crippen LogP contribution in [-0.2, 0) is 0 Å². The number of carbonyl (C=O) groups excluding carboxylic acids is 2. The van der Waals surface area contributed by atoms with Crippen molar-refractivity contribution in [2.45, 2.75) is 39.7 Å². The second-order valence-electron chi connectivity index (χ2n) is 9.41. The van der Waals surface area contributed by atoms with E-state index in [-0.39, 0.29) is 11.9 Å². The molecular formula is C26H29N5O4. The molecule has 1 aliphatic rings. The van der Waals surface area contributed by atoms with Gasteiger partial charge in [0.05, 0.1) is 22.9 Å². The largest absolute Gasteiger partial charge is 0.455 e. The number of carbonyl (C=O) groups is 2. The average molecular weight is 476 g/mol. The molecule has 9 nitrogen and oxygen atoms in total. The van der Waals surface area contributed by atoms with Crippen LogP contribution in [0.2, 0.25) is 0 Å². The van der Waals surface area contributed by atoms with Gasteiger partial charge in [-0.3, -0.25) is 9.36 Å². The predicted molar refractivity (Wildman–Crippen MR) is 132 cm³/mol. The summed E-state index contributed by atoms with van der Waals surface area (Å²) in [6.45, 7) is 8.79. The first-order chi connectivity index (χ1) is 16.7. The number of nitrogens with zero attached hydrogens (tertiary/aromatic N) is 4. The van der Waals surface area contributed by atoms with Gasteiger partial charge in [0, 0.05) is 43.0 Å². The van der Waals surface area contributed by atoms with E-state index in [1.807, 2.05) is 45.0 Å². The van der Waals surface area contributed by atoms with Gasteiger partial charge in [0.1, 0.15) is 11.3 Å². The van der Waals surface area contributed by atoms with Crippen molar-refractivity contribution in [1.82, 2.24) is 24.4 Å². The van der Waals surface area contributed by atoms with Crippen LogP contribution in [0.25, 0.3) is 16.4 Å². The van der Waals surface area contributed by atoms with E-state index in [1.165, 1.54) is 0 Å². The topological polar surface area (TPSA) is 101 Å². The Hall–Kier alpha value is -3.85. The zero-order valence-corrected chi connectivity index (χ0v) is 20.3. The molecule has 1 aromatic carbocycles. The van der Waals surface area contributed by atoms with E-state index in [0.717, 1.165) is 22.2 Å². The number of aliphatic hydroxyl groups is 1. The lowest BCUT2D eigenvalue weighted by molar-refractivity contribution is 0.0572. The number of hydrogen-bond acceptors (Lipinski definition) is 5. The van der Waals surface area contributed by atoms with E-state index in [1.54, 1.807) is 39.4 Å². The van der Waals surface area contributed by atoms with Gasteiger partial charge in [-0.25, -0.2) is 9.31 Å². The van der Waals surface area contributed by atoms with Crippen molar-refractivity contribution in [1.29, 1.82) is 0 Å². The molecule has 1 aliphatic heterocycles. The van der Waals surface area contributed by atoms with E-state index in [9.17, 15) is 14.7 Å². The molecule has 0 saturated carbocycles. The van der Waals surface area contributed by atoms with E-state index in [0.29, 0.717) is 48.6 Å². The lowest BCUT2D eigenvalue weighted by atomic mass is 10.1. The van der Waals surface area contributed by atoms with Gasteiger partial charge in [-0.1, -0.05) is 0 Å². The van der Waals surface area contributed by atoms with Gasteiger partial charge >= 0.3 is 6.03 Å². The molecule has 0 unspecified atom stereocenters. The summed E-state index contributed by atoms with van der Waals surface area (Å²) in [5, 5.41) is 18.4. The number of hydrogen-bond donors (Lipinski definition) is 2. The molecule has 9 heteroatoms. The Morgan fingerprint density at radius 1 is 1.23 bits per heavy atom.